The summed E-state index contributed by atoms with van der Waals surface area (Å²) >= 11 is 0. The Morgan fingerprint density at radius 2 is 1.71 bits per heavy atom. The van der Waals surface area contributed by atoms with Crippen molar-refractivity contribution in [1.29, 1.82) is 0 Å². The third-order valence-corrected chi connectivity index (χ3v) is 5.71. The van der Waals surface area contributed by atoms with Crippen LogP contribution in [0, 0.1) is 0 Å². The molecule has 0 unspecified atom stereocenters. The van der Waals surface area contributed by atoms with E-state index in [1.54, 1.807) is 24.3 Å². The van der Waals surface area contributed by atoms with Crippen LogP contribution in [-0.4, -0.2) is 54.5 Å². The molecule has 0 saturated carbocycles. The van der Waals surface area contributed by atoms with Gasteiger partial charge in [-0.3, -0.25) is 9.69 Å². The van der Waals surface area contributed by atoms with Crippen LogP contribution in [-0.2, 0) is 16.1 Å². The van der Waals surface area contributed by atoms with Gasteiger partial charge in [-0.15, -0.1) is 0 Å². The SMILES string of the molecule is O=C(O)Cc1cccc(OCCON=C(CN2CC=CCC2)c2ccc(-c3ccccc3)cc2)c1. The number of carboxylic acid groups (broad SMARTS) is 1. The Morgan fingerprint density at radius 1 is 0.914 bits per heavy atom. The van der Waals surface area contributed by atoms with Crippen LogP contribution >= 0.6 is 0 Å². The van der Waals surface area contributed by atoms with Gasteiger partial charge in [0.2, 0.25) is 0 Å². The Balaban J connectivity index is 1.38. The highest BCUT2D eigenvalue weighted by molar-refractivity contribution is 6.02. The van der Waals surface area contributed by atoms with E-state index in [0.717, 1.165) is 36.3 Å². The summed E-state index contributed by atoms with van der Waals surface area (Å²) in [4.78, 5) is 18.9. The fourth-order valence-electron chi connectivity index (χ4n) is 3.94. The summed E-state index contributed by atoms with van der Waals surface area (Å²) in [5.41, 5.74) is 4.95. The standard InChI is InChI=1S/C29H30N2O4/c32-29(33)21-23-8-7-11-27(20-23)34-18-19-35-30-28(22-31-16-5-2-6-17-31)26-14-12-25(13-15-26)24-9-3-1-4-10-24/h1-5,7-15,20H,6,16-19,21-22H2,(H,32,33). The van der Waals surface area contributed by atoms with Gasteiger partial charge in [0.05, 0.1) is 6.42 Å². The average molecular weight is 471 g/mol. The molecule has 0 aromatic heterocycles. The zero-order chi connectivity index (χ0) is 24.3. The second kappa shape index (κ2) is 12.5. The molecule has 0 fully saturated rings. The highest BCUT2D eigenvalue weighted by Crippen LogP contribution is 2.20. The Bertz CT molecular complexity index is 1160. The molecule has 3 aromatic carbocycles. The summed E-state index contributed by atoms with van der Waals surface area (Å²) in [6, 6.07) is 25.8. The molecule has 0 amide bonds. The van der Waals surface area contributed by atoms with Crippen molar-refractivity contribution in [3.63, 3.8) is 0 Å². The largest absolute Gasteiger partial charge is 0.490 e. The first-order valence-electron chi connectivity index (χ1n) is 11.8. The monoisotopic (exact) mass is 470 g/mol. The molecule has 4 rings (SSSR count). The van der Waals surface area contributed by atoms with Crippen LogP contribution in [0.4, 0.5) is 0 Å². The fraction of sp³-hybridized carbons (Fsp3) is 0.241. The first-order chi connectivity index (χ1) is 17.2. The number of ether oxygens (including phenoxy) is 1. The molecule has 0 radical (unpaired) electrons. The van der Waals surface area contributed by atoms with E-state index in [-0.39, 0.29) is 13.0 Å². The Labute approximate surface area is 206 Å². The summed E-state index contributed by atoms with van der Waals surface area (Å²) in [7, 11) is 0. The van der Waals surface area contributed by atoms with E-state index in [0.29, 0.717) is 24.5 Å². The lowest BCUT2D eigenvalue weighted by Gasteiger charge is -2.23. The van der Waals surface area contributed by atoms with Crippen LogP contribution < -0.4 is 4.74 Å². The summed E-state index contributed by atoms with van der Waals surface area (Å²) in [5, 5.41) is 13.4. The minimum Gasteiger partial charge on any atom is -0.490 e. The van der Waals surface area contributed by atoms with Crippen molar-refractivity contribution in [3.8, 4) is 16.9 Å². The second-order valence-corrected chi connectivity index (χ2v) is 8.38. The lowest BCUT2D eigenvalue weighted by Crippen LogP contribution is -2.33. The van der Waals surface area contributed by atoms with E-state index in [1.165, 1.54) is 5.56 Å². The molecule has 6 heteroatoms. The van der Waals surface area contributed by atoms with Crippen LogP contribution in [0.15, 0.2) is 96.2 Å². The summed E-state index contributed by atoms with van der Waals surface area (Å²) < 4.78 is 5.72. The number of oxime groups is 1. The lowest BCUT2D eigenvalue weighted by molar-refractivity contribution is -0.136. The predicted octanol–water partition coefficient (Wildman–Crippen LogP) is 5.04. The molecule has 1 heterocycles. The van der Waals surface area contributed by atoms with Crippen molar-refractivity contribution < 1.29 is 19.5 Å². The van der Waals surface area contributed by atoms with Gasteiger partial charge in [0, 0.05) is 25.2 Å². The molecule has 0 atom stereocenters. The molecule has 35 heavy (non-hydrogen) atoms. The van der Waals surface area contributed by atoms with Gasteiger partial charge >= 0.3 is 5.97 Å². The first-order valence-corrected chi connectivity index (χ1v) is 11.8. The number of carboxylic acids is 1. The van der Waals surface area contributed by atoms with E-state index < -0.39 is 5.97 Å². The maximum Gasteiger partial charge on any atom is 0.307 e. The van der Waals surface area contributed by atoms with Crippen molar-refractivity contribution in [2.75, 3.05) is 32.8 Å². The predicted molar refractivity (Wildman–Crippen MR) is 138 cm³/mol. The minimum atomic E-state index is -0.867. The number of aliphatic carboxylic acids is 1. The van der Waals surface area contributed by atoms with Gasteiger partial charge in [-0.25, -0.2) is 0 Å². The fourth-order valence-corrected chi connectivity index (χ4v) is 3.94. The van der Waals surface area contributed by atoms with Crippen LogP contribution in [0.1, 0.15) is 17.5 Å². The van der Waals surface area contributed by atoms with Crippen molar-refractivity contribution in [2.24, 2.45) is 5.16 Å². The smallest absolute Gasteiger partial charge is 0.307 e. The Hall–Kier alpha value is -3.90. The number of rotatable bonds is 11. The molecule has 0 spiro atoms. The van der Waals surface area contributed by atoms with Crippen LogP contribution in [0.5, 0.6) is 5.75 Å². The number of benzene rings is 3. The molecule has 3 aromatic rings. The number of nitrogens with zero attached hydrogens (tertiary/aromatic N) is 2. The molecule has 180 valence electrons. The Morgan fingerprint density at radius 3 is 2.46 bits per heavy atom. The zero-order valence-electron chi connectivity index (χ0n) is 19.7. The van der Waals surface area contributed by atoms with E-state index >= 15 is 0 Å². The third kappa shape index (κ3) is 7.55. The average Bonchev–Trinajstić information content (AvgIpc) is 2.89. The highest BCUT2D eigenvalue weighted by atomic mass is 16.6. The summed E-state index contributed by atoms with van der Waals surface area (Å²) in [6.07, 6.45) is 5.40. The van der Waals surface area contributed by atoms with Gasteiger partial charge in [0.15, 0.2) is 6.61 Å². The van der Waals surface area contributed by atoms with Crippen LogP contribution in [0.2, 0.25) is 0 Å². The number of hydrogen-bond donors (Lipinski definition) is 1. The number of hydrogen-bond acceptors (Lipinski definition) is 5. The van der Waals surface area contributed by atoms with Gasteiger partial charge in [-0.2, -0.15) is 0 Å². The van der Waals surface area contributed by atoms with E-state index in [1.807, 2.05) is 18.2 Å². The minimum absolute atomic E-state index is 0.0316. The van der Waals surface area contributed by atoms with Gasteiger partial charge in [-0.1, -0.05) is 84.0 Å². The van der Waals surface area contributed by atoms with Crippen LogP contribution in [0.3, 0.4) is 0 Å². The molecule has 6 nitrogen and oxygen atoms in total. The highest BCUT2D eigenvalue weighted by Gasteiger charge is 2.13. The molecule has 0 aliphatic carbocycles. The molecule has 1 aliphatic heterocycles. The summed E-state index contributed by atoms with van der Waals surface area (Å²) in [5.74, 6) is -0.249. The maximum absolute atomic E-state index is 10.9. The van der Waals surface area contributed by atoms with E-state index in [2.05, 4.69) is 58.6 Å². The van der Waals surface area contributed by atoms with Crippen LogP contribution in [0.25, 0.3) is 11.1 Å². The quantitative estimate of drug-likeness (QED) is 0.184. The molecule has 0 saturated heterocycles. The van der Waals surface area contributed by atoms with E-state index in [9.17, 15) is 4.79 Å². The lowest BCUT2D eigenvalue weighted by atomic mass is 10.0. The maximum atomic E-state index is 10.9. The van der Waals surface area contributed by atoms with Crippen molar-refractivity contribution in [2.45, 2.75) is 12.8 Å². The zero-order valence-corrected chi connectivity index (χ0v) is 19.7. The Kier molecular flexibility index (Phi) is 8.68. The van der Waals surface area contributed by atoms with Gasteiger partial charge in [0.25, 0.3) is 0 Å². The third-order valence-electron chi connectivity index (χ3n) is 5.71. The van der Waals surface area contributed by atoms with E-state index in [4.69, 9.17) is 14.7 Å². The van der Waals surface area contributed by atoms with Gasteiger partial charge in [-0.05, 0) is 35.2 Å². The molecular formula is C29H30N2O4. The molecular weight excluding hydrogens is 440 g/mol. The topological polar surface area (TPSA) is 71.4 Å². The molecule has 1 aliphatic rings. The summed E-state index contributed by atoms with van der Waals surface area (Å²) in [6.45, 7) is 3.19. The number of carbonyl (C=O) groups is 1. The van der Waals surface area contributed by atoms with Gasteiger partial charge in [0.1, 0.15) is 18.1 Å². The van der Waals surface area contributed by atoms with Crippen molar-refractivity contribution >= 4 is 11.7 Å². The second-order valence-electron chi connectivity index (χ2n) is 8.38. The first kappa shape index (κ1) is 24.2. The molecule has 1 N–H and O–H groups in total. The van der Waals surface area contributed by atoms with Crippen molar-refractivity contribution in [1.82, 2.24) is 4.90 Å². The normalized spacial score (nSPS) is 14.0. The van der Waals surface area contributed by atoms with Crippen molar-refractivity contribution in [3.05, 3.63) is 102 Å². The molecule has 0 bridgehead atoms. The van der Waals surface area contributed by atoms with Gasteiger partial charge < -0.3 is 14.7 Å².